The van der Waals surface area contributed by atoms with Crippen molar-refractivity contribution in [2.45, 2.75) is 18.9 Å². The zero-order valence-electron chi connectivity index (χ0n) is 11.1. The van der Waals surface area contributed by atoms with Gasteiger partial charge in [0.1, 0.15) is 12.4 Å². The van der Waals surface area contributed by atoms with Crippen LogP contribution >= 0.6 is 0 Å². The molecule has 0 unspecified atom stereocenters. The Morgan fingerprint density at radius 2 is 2.11 bits per heavy atom. The van der Waals surface area contributed by atoms with E-state index in [1.165, 1.54) is 12.8 Å². The fourth-order valence-corrected chi connectivity index (χ4v) is 1.85. The number of rotatable bonds is 7. The maximum Gasteiger partial charge on any atom is 0.328 e. The van der Waals surface area contributed by atoms with Gasteiger partial charge in [0.15, 0.2) is 0 Å². The largest absolute Gasteiger partial charge is 0.492 e. The minimum absolute atomic E-state index is 0.678. The van der Waals surface area contributed by atoms with Gasteiger partial charge in [0, 0.05) is 18.7 Å². The Bertz CT molecular complexity index is 449. The van der Waals surface area contributed by atoms with Gasteiger partial charge in [-0.25, -0.2) is 4.79 Å². The van der Waals surface area contributed by atoms with Crippen LogP contribution in [0.2, 0.25) is 0 Å². The number of nitrogens with zero attached hydrogens (tertiary/aromatic N) is 1. The molecule has 0 aliphatic heterocycles. The van der Waals surface area contributed by atoms with Gasteiger partial charge in [-0.2, -0.15) is 0 Å². The number of hydrogen-bond acceptors (Lipinski definition) is 3. The average Bonchev–Trinajstić information content (AvgIpc) is 3.22. The van der Waals surface area contributed by atoms with Crippen LogP contribution in [0.3, 0.4) is 0 Å². The molecular formula is C15H19NO3. The topological polar surface area (TPSA) is 49.8 Å². The van der Waals surface area contributed by atoms with Gasteiger partial charge in [-0.3, -0.25) is 0 Å². The fraction of sp³-hybridized carbons (Fsp3) is 0.400. The summed E-state index contributed by atoms with van der Waals surface area (Å²) in [7, 11) is 2.13. The third-order valence-electron chi connectivity index (χ3n) is 3.18. The van der Waals surface area contributed by atoms with Crippen molar-refractivity contribution in [3.05, 3.63) is 35.9 Å². The van der Waals surface area contributed by atoms with Crippen LogP contribution in [-0.2, 0) is 4.79 Å². The fourth-order valence-electron chi connectivity index (χ4n) is 1.85. The smallest absolute Gasteiger partial charge is 0.328 e. The highest BCUT2D eigenvalue weighted by Gasteiger charge is 2.25. The van der Waals surface area contributed by atoms with Crippen LogP contribution in [0.1, 0.15) is 18.4 Å². The van der Waals surface area contributed by atoms with E-state index in [2.05, 4.69) is 11.9 Å². The summed E-state index contributed by atoms with van der Waals surface area (Å²) in [6, 6.07) is 8.17. The number of carboxylic acids is 1. The predicted octanol–water partition coefficient (Wildman–Crippen LogP) is 2.26. The number of carbonyl (C=O) groups is 1. The Morgan fingerprint density at radius 1 is 1.42 bits per heavy atom. The zero-order chi connectivity index (χ0) is 13.7. The number of likely N-dealkylation sites (N-methyl/N-ethyl adjacent to an activating group) is 1. The molecule has 0 atom stereocenters. The Kier molecular flexibility index (Phi) is 4.58. The zero-order valence-corrected chi connectivity index (χ0v) is 11.1. The molecule has 0 spiro atoms. The van der Waals surface area contributed by atoms with Gasteiger partial charge in [-0.15, -0.1) is 0 Å². The predicted molar refractivity (Wildman–Crippen MR) is 74.3 cm³/mol. The van der Waals surface area contributed by atoms with E-state index in [0.29, 0.717) is 6.61 Å². The van der Waals surface area contributed by atoms with Crippen LogP contribution in [0.15, 0.2) is 30.3 Å². The minimum Gasteiger partial charge on any atom is -0.492 e. The third kappa shape index (κ3) is 4.75. The molecule has 4 nitrogen and oxygen atoms in total. The van der Waals surface area contributed by atoms with E-state index in [-0.39, 0.29) is 0 Å². The van der Waals surface area contributed by atoms with Crippen molar-refractivity contribution in [2.75, 3.05) is 20.2 Å². The second kappa shape index (κ2) is 6.38. The molecule has 1 aliphatic rings. The first-order valence-electron chi connectivity index (χ1n) is 6.49. The van der Waals surface area contributed by atoms with Gasteiger partial charge < -0.3 is 14.7 Å². The van der Waals surface area contributed by atoms with E-state index < -0.39 is 5.97 Å². The molecule has 0 aromatic heterocycles. The molecule has 0 heterocycles. The summed E-state index contributed by atoms with van der Waals surface area (Å²) in [5.41, 5.74) is 0.852. The highest BCUT2D eigenvalue weighted by Crippen LogP contribution is 2.24. The monoisotopic (exact) mass is 261 g/mol. The SMILES string of the molecule is CN(CCOc1ccc(/C=C/C(=O)O)cc1)C1CC1. The third-order valence-corrected chi connectivity index (χ3v) is 3.18. The van der Waals surface area contributed by atoms with E-state index in [1.807, 2.05) is 24.3 Å². The molecule has 0 radical (unpaired) electrons. The lowest BCUT2D eigenvalue weighted by Gasteiger charge is -2.15. The normalized spacial score (nSPS) is 15.1. The molecule has 19 heavy (non-hydrogen) atoms. The van der Waals surface area contributed by atoms with Crippen LogP contribution < -0.4 is 4.74 Å². The van der Waals surface area contributed by atoms with Crippen LogP contribution in [0.25, 0.3) is 6.08 Å². The van der Waals surface area contributed by atoms with Crippen molar-refractivity contribution in [1.82, 2.24) is 4.90 Å². The average molecular weight is 261 g/mol. The summed E-state index contributed by atoms with van der Waals surface area (Å²) < 4.78 is 5.65. The Labute approximate surface area is 113 Å². The number of hydrogen-bond donors (Lipinski definition) is 1. The summed E-state index contributed by atoms with van der Waals surface area (Å²) in [6.45, 7) is 1.61. The van der Waals surface area contributed by atoms with Crippen molar-refractivity contribution >= 4 is 12.0 Å². The highest BCUT2D eigenvalue weighted by molar-refractivity contribution is 5.85. The lowest BCUT2D eigenvalue weighted by Crippen LogP contribution is -2.26. The molecule has 1 saturated carbocycles. The lowest BCUT2D eigenvalue weighted by molar-refractivity contribution is -0.131. The quantitative estimate of drug-likeness (QED) is 0.765. The summed E-state index contributed by atoms with van der Waals surface area (Å²) >= 11 is 0. The first-order chi connectivity index (χ1) is 9.15. The molecular weight excluding hydrogens is 242 g/mol. The second-order valence-electron chi connectivity index (χ2n) is 4.80. The number of carboxylic acid groups (broad SMARTS) is 1. The van der Waals surface area contributed by atoms with E-state index in [0.717, 1.165) is 30.0 Å². The number of aliphatic carboxylic acids is 1. The first kappa shape index (κ1) is 13.6. The molecule has 1 aromatic carbocycles. The molecule has 4 heteroatoms. The van der Waals surface area contributed by atoms with Crippen LogP contribution in [0, 0.1) is 0 Å². The van der Waals surface area contributed by atoms with Crippen molar-refractivity contribution in [1.29, 1.82) is 0 Å². The van der Waals surface area contributed by atoms with E-state index >= 15 is 0 Å². The van der Waals surface area contributed by atoms with E-state index in [4.69, 9.17) is 9.84 Å². The number of ether oxygens (including phenoxy) is 1. The first-order valence-corrected chi connectivity index (χ1v) is 6.49. The maximum atomic E-state index is 10.4. The van der Waals surface area contributed by atoms with Gasteiger partial charge in [0.2, 0.25) is 0 Å². The molecule has 102 valence electrons. The molecule has 1 fully saturated rings. The van der Waals surface area contributed by atoms with Crippen molar-refractivity contribution in [3.63, 3.8) is 0 Å². The molecule has 1 aliphatic carbocycles. The molecule has 1 aromatic rings. The molecule has 0 saturated heterocycles. The summed E-state index contributed by atoms with van der Waals surface area (Å²) in [6.07, 6.45) is 5.30. The van der Waals surface area contributed by atoms with Gasteiger partial charge in [0.25, 0.3) is 0 Å². The molecule has 0 amide bonds. The van der Waals surface area contributed by atoms with E-state index in [1.54, 1.807) is 6.08 Å². The highest BCUT2D eigenvalue weighted by atomic mass is 16.5. The van der Waals surface area contributed by atoms with Crippen molar-refractivity contribution in [3.8, 4) is 5.75 Å². The molecule has 2 rings (SSSR count). The standard InChI is InChI=1S/C15H19NO3/c1-16(13-5-6-13)10-11-19-14-7-2-12(3-8-14)4-9-15(17)18/h2-4,7-9,13H,5-6,10-11H2,1H3,(H,17,18)/b9-4+. The molecule has 0 bridgehead atoms. The van der Waals surface area contributed by atoms with Gasteiger partial charge in [-0.1, -0.05) is 12.1 Å². The summed E-state index contributed by atoms with van der Waals surface area (Å²) in [5, 5.41) is 8.53. The van der Waals surface area contributed by atoms with Crippen LogP contribution in [-0.4, -0.2) is 42.2 Å². The Hall–Kier alpha value is -1.81. The maximum absolute atomic E-state index is 10.4. The van der Waals surface area contributed by atoms with Crippen LogP contribution in [0.4, 0.5) is 0 Å². The minimum atomic E-state index is -0.941. The van der Waals surface area contributed by atoms with Gasteiger partial charge in [0.05, 0.1) is 0 Å². The second-order valence-corrected chi connectivity index (χ2v) is 4.80. The van der Waals surface area contributed by atoms with E-state index in [9.17, 15) is 4.79 Å². The van der Waals surface area contributed by atoms with Crippen molar-refractivity contribution in [2.24, 2.45) is 0 Å². The number of benzene rings is 1. The Balaban J connectivity index is 1.76. The lowest BCUT2D eigenvalue weighted by atomic mass is 10.2. The van der Waals surface area contributed by atoms with Crippen LogP contribution in [0.5, 0.6) is 5.75 Å². The van der Waals surface area contributed by atoms with Crippen molar-refractivity contribution < 1.29 is 14.6 Å². The molecule has 1 N–H and O–H groups in total. The summed E-state index contributed by atoms with van der Waals surface area (Å²) in [4.78, 5) is 12.7. The Morgan fingerprint density at radius 3 is 2.68 bits per heavy atom. The summed E-state index contributed by atoms with van der Waals surface area (Å²) in [5.74, 6) is -0.125. The van der Waals surface area contributed by atoms with Gasteiger partial charge in [-0.05, 0) is 43.7 Å². The van der Waals surface area contributed by atoms with Gasteiger partial charge >= 0.3 is 5.97 Å².